The molecule has 1 amide bonds. The second kappa shape index (κ2) is 9.17. The Balaban J connectivity index is 1.56. The number of nitrogens with one attached hydrogen (secondary N) is 1. The van der Waals surface area contributed by atoms with Gasteiger partial charge in [-0.1, -0.05) is 30.3 Å². The van der Waals surface area contributed by atoms with Gasteiger partial charge in [-0.25, -0.2) is 4.39 Å². The second-order valence-electron chi connectivity index (χ2n) is 6.73. The van der Waals surface area contributed by atoms with Gasteiger partial charge in [-0.2, -0.15) is 5.10 Å². The molecule has 0 spiro atoms. The van der Waals surface area contributed by atoms with Crippen LogP contribution in [0.5, 0.6) is 5.75 Å². The largest absolute Gasteiger partial charge is 0.481 e. The minimum Gasteiger partial charge on any atom is -0.481 e. The Kier molecular flexibility index (Phi) is 6.41. The van der Waals surface area contributed by atoms with Crippen LogP contribution >= 0.6 is 0 Å². The normalized spacial score (nSPS) is 10.6. The summed E-state index contributed by atoms with van der Waals surface area (Å²) >= 11 is 0. The van der Waals surface area contributed by atoms with Crippen LogP contribution in [-0.2, 0) is 17.9 Å². The van der Waals surface area contributed by atoms with Crippen molar-refractivity contribution < 1.29 is 18.8 Å². The van der Waals surface area contributed by atoms with Crippen molar-refractivity contribution in [3.63, 3.8) is 0 Å². The Morgan fingerprint density at radius 1 is 1.23 bits per heavy atom. The van der Waals surface area contributed by atoms with E-state index >= 15 is 0 Å². The summed E-state index contributed by atoms with van der Waals surface area (Å²) in [7, 11) is 0. The first-order valence-corrected chi connectivity index (χ1v) is 9.25. The van der Waals surface area contributed by atoms with Crippen LogP contribution < -0.4 is 10.1 Å². The third-order valence-corrected chi connectivity index (χ3v) is 4.65. The topological polar surface area (TPSA) is 99.3 Å². The molecule has 0 saturated heterocycles. The van der Waals surface area contributed by atoms with Crippen molar-refractivity contribution in [1.82, 2.24) is 15.1 Å². The molecule has 1 aromatic heterocycles. The lowest BCUT2D eigenvalue weighted by Crippen LogP contribution is -2.29. The number of nitrogens with zero attached hydrogens (tertiary/aromatic N) is 3. The summed E-state index contributed by atoms with van der Waals surface area (Å²) in [5.74, 6) is -1.56. The van der Waals surface area contributed by atoms with Gasteiger partial charge in [-0.15, -0.1) is 0 Å². The van der Waals surface area contributed by atoms with Crippen LogP contribution in [-0.4, -0.2) is 27.2 Å². The van der Waals surface area contributed by atoms with Crippen molar-refractivity contribution in [2.45, 2.75) is 26.9 Å². The predicted molar refractivity (Wildman–Crippen MR) is 108 cm³/mol. The lowest BCUT2D eigenvalue weighted by molar-refractivity contribution is -0.385. The molecule has 0 saturated carbocycles. The minimum atomic E-state index is -0.897. The van der Waals surface area contributed by atoms with E-state index in [1.54, 1.807) is 0 Å². The van der Waals surface area contributed by atoms with E-state index < -0.39 is 23.3 Å². The first-order valence-electron chi connectivity index (χ1n) is 9.25. The second-order valence-corrected chi connectivity index (χ2v) is 6.73. The molecule has 8 nitrogen and oxygen atoms in total. The number of non-ortho nitro benzene ring substituents is 1. The number of rotatable bonds is 8. The summed E-state index contributed by atoms with van der Waals surface area (Å²) in [6.45, 7) is 4.29. The van der Waals surface area contributed by atoms with Crippen LogP contribution in [0.15, 0.2) is 48.5 Å². The Bertz CT molecular complexity index is 1070. The number of amides is 1. The lowest BCUT2D eigenvalue weighted by Gasteiger charge is -2.09. The maximum absolute atomic E-state index is 13.8. The number of nitro groups is 1. The molecule has 0 aliphatic rings. The molecule has 156 valence electrons. The van der Waals surface area contributed by atoms with Gasteiger partial charge < -0.3 is 10.1 Å². The smallest absolute Gasteiger partial charge is 0.272 e. The van der Waals surface area contributed by atoms with Gasteiger partial charge in [0.2, 0.25) is 0 Å². The summed E-state index contributed by atoms with van der Waals surface area (Å²) in [4.78, 5) is 22.0. The summed E-state index contributed by atoms with van der Waals surface area (Å²) in [6, 6.07) is 12.9. The van der Waals surface area contributed by atoms with Gasteiger partial charge in [0, 0.05) is 23.9 Å². The van der Waals surface area contributed by atoms with E-state index in [0.29, 0.717) is 6.54 Å². The minimum absolute atomic E-state index is 0.223. The Labute approximate surface area is 172 Å². The molecule has 3 aromatic rings. The fraction of sp³-hybridized carbons (Fsp3) is 0.238. The van der Waals surface area contributed by atoms with Gasteiger partial charge in [-0.05, 0) is 25.5 Å². The number of ether oxygens (including phenoxy) is 1. The molecular weight excluding hydrogens is 391 g/mol. The molecule has 0 unspecified atom stereocenters. The molecule has 0 aliphatic carbocycles. The number of benzene rings is 2. The number of nitro benzene ring substituents is 1. The predicted octanol–water partition coefficient (Wildman–Crippen LogP) is 3.29. The average molecular weight is 412 g/mol. The molecule has 30 heavy (non-hydrogen) atoms. The van der Waals surface area contributed by atoms with Crippen LogP contribution in [0.3, 0.4) is 0 Å². The highest BCUT2D eigenvalue weighted by molar-refractivity contribution is 5.77. The molecule has 2 aromatic carbocycles. The molecule has 0 bridgehead atoms. The SMILES string of the molecule is Cc1nn(Cc2ccccc2)c(C)c1CNC(=O)COc1ccc([N+](=O)[O-])cc1F. The lowest BCUT2D eigenvalue weighted by atomic mass is 10.2. The highest BCUT2D eigenvalue weighted by Gasteiger charge is 2.15. The number of carbonyl (C=O) groups is 1. The molecule has 1 N–H and O–H groups in total. The third kappa shape index (κ3) is 4.99. The maximum Gasteiger partial charge on any atom is 0.272 e. The molecule has 3 rings (SSSR count). The van der Waals surface area contributed by atoms with E-state index in [9.17, 15) is 19.3 Å². The van der Waals surface area contributed by atoms with Gasteiger partial charge in [0.1, 0.15) is 0 Å². The molecule has 0 aliphatic heterocycles. The van der Waals surface area contributed by atoms with Crippen LogP contribution in [0.1, 0.15) is 22.5 Å². The highest BCUT2D eigenvalue weighted by atomic mass is 19.1. The molecular formula is C21H21FN4O4. The van der Waals surface area contributed by atoms with Gasteiger partial charge in [0.05, 0.1) is 23.2 Å². The fourth-order valence-electron chi connectivity index (χ4n) is 3.00. The Morgan fingerprint density at radius 2 is 1.97 bits per heavy atom. The van der Waals surface area contributed by atoms with Crippen molar-refractivity contribution >= 4 is 11.6 Å². The molecule has 0 radical (unpaired) electrons. The summed E-state index contributed by atoms with van der Waals surface area (Å²) in [5, 5.41) is 17.9. The molecule has 1 heterocycles. The first kappa shape index (κ1) is 21.0. The summed E-state index contributed by atoms with van der Waals surface area (Å²) < 4.78 is 20.8. The number of aromatic nitrogens is 2. The van der Waals surface area contributed by atoms with E-state index in [-0.39, 0.29) is 18.0 Å². The number of hydrogen-bond donors (Lipinski definition) is 1. The van der Waals surface area contributed by atoms with Crippen molar-refractivity contribution in [1.29, 1.82) is 0 Å². The van der Waals surface area contributed by atoms with E-state index in [2.05, 4.69) is 10.4 Å². The highest BCUT2D eigenvalue weighted by Crippen LogP contribution is 2.22. The number of carbonyl (C=O) groups excluding carboxylic acids is 1. The fourth-order valence-corrected chi connectivity index (χ4v) is 3.00. The van der Waals surface area contributed by atoms with Crippen molar-refractivity contribution in [2.75, 3.05) is 6.61 Å². The van der Waals surface area contributed by atoms with E-state index in [0.717, 1.165) is 40.7 Å². The van der Waals surface area contributed by atoms with Crippen LogP contribution in [0.2, 0.25) is 0 Å². The summed E-state index contributed by atoms with van der Waals surface area (Å²) in [5.41, 5.74) is 3.39. The zero-order valence-corrected chi connectivity index (χ0v) is 16.6. The van der Waals surface area contributed by atoms with E-state index in [4.69, 9.17) is 4.74 Å². The maximum atomic E-state index is 13.8. The monoisotopic (exact) mass is 412 g/mol. The number of halogens is 1. The van der Waals surface area contributed by atoms with Crippen LogP contribution in [0, 0.1) is 29.8 Å². The van der Waals surface area contributed by atoms with Crippen molar-refractivity contribution in [3.05, 3.63) is 87.0 Å². The quantitative estimate of drug-likeness (QED) is 0.452. The Morgan fingerprint density at radius 3 is 2.63 bits per heavy atom. The van der Waals surface area contributed by atoms with Crippen LogP contribution in [0.4, 0.5) is 10.1 Å². The molecule has 9 heteroatoms. The summed E-state index contributed by atoms with van der Waals surface area (Å²) in [6.07, 6.45) is 0. The Hall–Kier alpha value is -3.75. The number of hydrogen-bond acceptors (Lipinski definition) is 5. The standard InChI is InChI=1S/C21H21FN4O4/c1-14-18(15(2)25(24-14)12-16-6-4-3-5-7-16)11-23-21(27)13-30-20-9-8-17(26(28)29)10-19(20)22/h3-10H,11-13H2,1-2H3,(H,23,27). The number of aryl methyl sites for hydroxylation is 1. The van der Waals surface area contributed by atoms with Gasteiger partial charge in [0.25, 0.3) is 11.6 Å². The van der Waals surface area contributed by atoms with E-state index in [1.807, 2.05) is 48.9 Å². The van der Waals surface area contributed by atoms with Crippen molar-refractivity contribution in [2.24, 2.45) is 0 Å². The zero-order chi connectivity index (χ0) is 21.7. The van der Waals surface area contributed by atoms with E-state index in [1.165, 1.54) is 0 Å². The van der Waals surface area contributed by atoms with Crippen LogP contribution in [0.25, 0.3) is 0 Å². The average Bonchev–Trinajstić information content (AvgIpc) is 2.98. The molecule has 0 fully saturated rings. The van der Waals surface area contributed by atoms with Gasteiger partial charge in [-0.3, -0.25) is 19.6 Å². The third-order valence-electron chi connectivity index (χ3n) is 4.65. The molecule has 0 atom stereocenters. The first-order chi connectivity index (χ1) is 14.3. The van der Waals surface area contributed by atoms with Gasteiger partial charge >= 0.3 is 0 Å². The zero-order valence-electron chi connectivity index (χ0n) is 16.6. The van der Waals surface area contributed by atoms with Crippen molar-refractivity contribution in [3.8, 4) is 5.75 Å². The van der Waals surface area contributed by atoms with Gasteiger partial charge in [0.15, 0.2) is 18.2 Å².